The van der Waals surface area contributed by atoms with Crippen molar-refractivity contribution in [1.82, 2.24) is 0 Å². The van der Waals surface area contributed by atoms with Crippen LogP contribution in [0.15, 0.2) is 18.2 Å². The fraction of sp³-hybridized carbons (Fsp3) is 0.562. The summed E-state index contributed by atoms with van der Waals surface area (Å²) in [5.74, 6) is -3.07. The second-order valence-corrected chi connectivity index (χ2v) is 6.62. The van der Waals surface area contributed by atoms with Gasteiger partial charge in [-0.1, -0.05) is 0 Å². The lowest BCUT2D eigenvalue weighted by Crippen LogP contribution is -2.39. The van der Waals surface area contributed by atoms with Gasteiger partial charge in [0.25, 0.3) is 5.92 Å². The smallest absolute Gasteiger partial charge is 0.340 e. The van der Waals surface area contributed by atoms with Crippen LogP contribution in [-0.4, -0.2) is 30.6 Å². The number of carbonyl (C=O) groups excluding carboxylic acids is 1. The van der Waals surface area contributed by atoms with Crippen LogP contribution in [0.2, 0.25) is 0 Å². The maximum absolute atomic E-state index is 13.2. The van der Waals surface area contributed by atoms with Gasteiger partial charge in [0.15, 0.2) is 0 Å². The first kappa shape index (κ1) is 16.5. The first-order chi connectivity index (χ1) is 10.1. The predicted octanol–water partition coefficient (Wildman–Crippen LogP) is 3.46. The van der Waals surface area contributed by atoms with Crippen molar-refractivity contribution in [3.05, 3.63) is 23.8 Å². The fourth-order valence-electron chi connectivity index (χ4n) is 2.36. The third-order valence-corrected chi connectivity index (χ3v) is 3.51. The molecule has 122 valence electrons. The average molecular weight is 312 g/mol. The highest BCUT2D eigenvalue weighted by atomic mass is 19.3. The molecule has 0 bridgehead atoms. The van der Waals surface area contributed by atoms with Crippen molar-refractivity contribution in [3.8, 4) is 0 Å². The summed E-state index contributed by atoms with van der Waals surface area (Å²) in [4.78, 5) is 13.9. The molecule has 1 aliphatic heterocycles. The minimum Gasteiger partial charge on any atom is -0.456 e. The lowest BCUT2D eigenvalue weighted by Gasteiger charge is -2.33. The highest BCUT2D eigenvalue weighted by Crippen LogP contribution is 2.32. The molecule has 2 rings (SSSR count). The number of hydrogen-bond donors (Lipinski definition) is 1. The number of nitrogens with two attached hydrogens (primary N) is 1. The Hall–Kier alpha value is -1.85. The van der Waals surface area contributed by atoms with Gasteiger partial charge in [-0.05, 0) is 39.0 Å². The molecule has 0 spiro atoms. The van der Waals surface area contributed by atoms with Crippen molar-refractivity contribution in [2.45, 2.75) is 45.1 Å². The summed E-state index contributed by atoms with van der Waals surface area (Å²) in [7, 11) is 0. The SMILES string of the molecule is CC(C)(C)OC(=O)c1ccc(N2CCC(F)(F)CC2)cc1N. The van der Waals surface area contributed by atoms with E-state index in [4.69, 9.17) is 10.5 Å². The second kappa shape index (κ2) is 5.74. The van der Waals surface area contributed by atoms with Gasteiger partial charge in [0, 0.05) is 37.3 Å². The van der Waals surface area contributed by atoms with Crippen LogP contribution >= 0.6 is 0 Å². The van der Waals surface area contributed by atoms with Gasteiger partial charge in [-0.15, -0.1) is 0 Å². The van der Waals surface area contributed by atoms with Gasteiger partial charge in [-0.2, -0.15) is 0 Å². The Kier molecular flexibility index (Phi) is 4.31. The molecule has 0 amide bonds. The molecule has 0 saturated carbocycles. The van der Waals surface area contributed by atoms with E-state index in [9.17, 15) is 13.6 Å². The first-order valence-corrected chi connectivity index (χ1v) is 7.33. The Labute approximate surface area is 129 Å². The van der Waals surface area contributed by atoms with Crippen LogP contribution in [0.1, 0.15) is 44.0 Å². The fourth-order valence-corrected chi connectivity index (χ4v) is 2.36. The maximum Gasteiger partial charge on any atom is 0.340 e. The Morgan fingerprint density at radius 3 is 2.36 bits per heavy atom. The van der Waals surface area contributed by atoms with E-state index in [0.29, 0.717) is 11.3 Å². The number of hydrogen-bond acceptors (Lipinski definition) is 4. The standard InChI is InChI=1S/C16H22F2N2O2/c1-15(2,3)22-14(21)12-5-4-11(10-13(12)19)20-8-6-16(17,18)7-9-20/h4-5,10H,6-9,19H2,1-3H3. The van der Waals surface area contributed by atoms with Crippen LogP contribution in [0.25, 0.3) is 0 Å². The lowest BCUT2D eigenvalue weighted by atomic mass is 10.0. The first-order valence-electron chi connectivity index (χ1n) is 7.33. The largest absolute Gasteiger partial charge is 0.456 e. The molecule has 0 aromatic heterocycles. The quantitative estimate of drug-likeness (QED) is 0.671. The number of rotatable bonds is 2. The van der Waals surface area contributed by atoms with E-state index in [1.807, 2.05) is 4.90 Å². The summed E-state index contributed by atoms with van der Waals surface area (Å²) in [6.07, 6.45) is -0.332. The van der Waals surface area contributed by atoms with E-state index in [1.54, 1.807) is 39.0 Å². The topological polar surface area (TPSA) is 55.6 Å². The Morgan fingerprint density at radius 1 is 1.27 bits per heavy atom. The zero-order valence-corrected chi connectivity index (χ0v) is 13.2. The van der Waals surface area contributed by atoms with E-state index in [1.165, 1.54) is 0 Å². The van der Waals surface area contributed by atoms with Crippen LogP contribution in [-0.2, 0) is 4.74 Å². The molecule has 1 aliphatic rings. The van der Waals surface area contributed by atoms with E-state index in [2.05, 4.69) is 0 Å². The minimum atomic E-state index is -2.58. The summed E-state index contributed by atoms with van der Waals surface area (Å²) in [5, 5.41) is 0. The number of anilines is 2. The predicted molar refractivity (Wildman–Crippen MR) is 82.4 cm³/mol. The van der Waals surface area contributed by atoms with Crippen LogP contribution in [0.3, 0.4) is 0 Å². The number of nitrogens with zero attached hydrogens (tertiary/aromatic N) is 1. The lowest BCUT2D eigenvalue weighted by molar-refractivity contribution is -0.0220. The number of nitrogen functional groups attached to an aromatic ring is 1. The van der Waals surface area contributed by atoms with Gasteiger partial charge >= 0.3 is 5.97 Å². The summed E-state index contributed by atoms with van der Waals surface area (Å²) in [5.41, 5.74) is 6.67. The molecule has 2 N–H and O–H groups in total. The molecule has 1 aromatic rings. The molecule has 0 atom stereocenters. The second-order valence-electron chi connectivity index (χ2n) is 6.62. The number of carbonyl (C=O) groups is 1. The molecular formula is C16H22F2N2O2. The molecule has 4 nitrogen and oxygen atoms in total. The van der Waals surface area contributed by atoms with Gasteiger partial charge in [-0.25, -0.2) is 13.6 Å². The van der Waals surface area contributed by atoms with Gasteiger partial charge in [0.2, 0.25) is 0 Å². The van der Waals surface area contributed by atoms with E-state index in [-0.39, 0.29) is 25.9 Å². The molecule has 1 heterocycles. The van der Waals surface area contributed by atoms with Crippen molar-refractivity contribution in [3.63, 3.8) is 0 Å². The third-order valence-electron chi connectivity index (χ3n) is 3.51. The molecule has 0 aliphatic carbocycles. The Bertz CT molecular complexity index is 558. The molecule has 0 radical (unpaired) electrons. The number of ether oxygens (including phenoxy) is 1. The van der Waals surface area contributed by atoms with Crippen molar-refractivity contribution in [1.29, 1.82) is 0 Å². The van der Waals surface area contributed by atoms with Gasteiger partial charge in [0.05, 0.1) is 5.56 Å². The van der Waals surface area contributed by atoms with Crippen LogP contribution in [0, 0.1) is 0 Å². The normalized spacial score (nSPS) is 18.1. The minimum absolute atomic E-state index is 0.166. The molecule has 1 saturated heterocycles. The van der Waals surface area contributed by atoms with E-state index in [0.717, 1.165) is 5.69 Å². The van der Waals surface area contributed by atoms with E-state index >= 15 is 0 Å². The zero-order chi connectivity index (χ0) is 16.5. The van der Waals surface area contributed by atoms with Crippen molar-refractivity contribution < 1.29 is 18.3 Å². The van der Waals surface area contributed by atoms with Crippen molar-refractivity contribution in [2.24, 2.45) is 0 Å². The number of alkyl halides is 2. The van der Waals surface area contributed by atoms with Crippen LogP contribution in [0.4, 0.5) is 20.2 Å². The summed E-state index contributed by atoms with van der Waals surface area (Å²) >= 11 is 0. The maximum atomic E-state index is 13.2. The van der Waals surface area contributed by atoms with Crippen molar-refractivity contribution >= 4 is 17.3 Å². The van der Waals surface area contributed by atoms with Crippen molar-refractivity contribution in [2.75, 3.05) is 23.7 Å². The third kappa shape index (κ3) is 4.08. The zero-order valence-electron chi connectivity index (χ0n) is 13.2. The molecule has 1 aromatic carbocycles. The average Bonchev–Trinajstić information content (AvgIpc) is 2.36. The highest BCUT2D eigenvalue weighted by molar-refractivity contribution is 5.96. The van der Waals surface area contributed by atoms with Gasteiger partial charge < -0.3 is 15.4 Å². The highest BCUT2D eigenvalue weighted by Gasteiger charge is 2.34. The number of halogens is 2. The number of benzene rings is 1. The molecule has 22 heavy (non-hydrogen) atoms. The van der Waals surface area contributed by atoms with Crippen LogP contribution < -0.4 is 10.6 Å². The van der Waals surface area contributed by atoms with Gasteiger partial charge in [0.1, 0.15) is 5.60 Å². The summed E-state index contributed by atoms with van der Waals surface area (Å²) < 4.78 is 31.7. The summed E-state index contributed by atoms with van der Waals surface area (Å²) in [6.45, 7) is 5.90. The molecule has 1 fully saturated rings. The van der Waals surface area contributed by atoms with E-state index < -0.39 is 17.5 Å². The number of piperidine rings is 1. The Morgan fingerprint density at radius 2 is 1.86 bits per heavy atom. The van der Waals surface area contributed by atoms with Gasteiger partial charge in [-0.3, -0.25) is 0 Å². The van der Waals surface area contributed by atoms with Crippen LogP contribution in [0.5, 0.6) is 0 Å². The molecule has 0 unspecified atom stereocenters. The Balaban J connectivity index is 2.12. The molecule has 6 heteroatoms. The monoisotopic (exact) mass is 312 g/mol. The number of esters is 1. The summed E-state index contributed by atoms with van der Waals surface area (Å²) in [6, 6.07) is 4.95. The molecular weight excluding hydrogens is 290 g/mol.